The quantitative estimate of drug-likeness (QED) is 0.214. The van der Waals surface area contributed by atoms with E-state index in [4.69, 9.17) is 4.42 Å². The summed E-state index contributed by atoms with van der Waals surface area (Å²) in [5, 5.41) is 7.38. The minimum absolute atomic E-state index is 0.168. The van der Waals surface area contributed by atoms with Gasteiger partial charge in [-0.1, -0.05) is 117 Å². The van der Waals surface area contributed by atoms with Crippen LogP contribution in [-0.4, -0.2) is 0 Å². The lowest BCUT2D eigenvalue weighted by molar-refractivity contribution is 0.663. The van der Waals surface area contributed by atoms with Crippen LogP contribution < -0.4 is 0 Å². The summed E-state index contributed by atoms with van der Waals surface area (Å²) >= 11 is 0. The molecule has 1 aromatic heterocycles. The summed E-state index contributed by atoms with van der Waals surface area (Å²) in [4.78, 5) is 0. The molecule has 1 aliphatic carbocycles. The minimum Gasteiger partial charge on any atom is -0.456 e. The summed E-state index contributed by atoms with van der Waals surface area (Å²) in [6, 6.07) is 48.6. The second kappa shape index (κ2) is 8.44. The predicted molar refractivity (Wildman–Crippen MR) is 177 cm³/mol. The van der Waals surface area contributed by atoms with E-state index in [1.807, 2.05) is 0 Å². The smallest absolute Gasteiger partial charge is 0.136 e. The zero-order valence-corrected chi connectivity index (χ0v) is 23.6. The van der Waals surface area contributed by atoms with Crippen LogP contribution in [0.2, 0.25) is 0 Å². The Kier molecular flexibility index (Phi) is 4.73. The lowest BCUT2D eigenvalue weighted by Crippen LogP contribution is -2.16. The van der Waals surface area contributed by atoms with Crippen molar-refractivity contribution in [1.29, 1.82) is 0 Å². The number of benzene rings is 7. The maximum atomic E-state index is 6.42. The molecule has 1 aliphatic rings. The van der Waals surface area contributed by atoms with E-state index in [9.17, 15) is 0 Å². The summed E-state index contributed by atoms with van der Waals surface area (Å²) in [5.41, 5.74) is 12.2. The van der Waals surface area contributed by atoms with Crippen molar-refractivity contribution >= 4 is 43.5 Å². The van der Waals surface area contributed by atoms with Crippen molar-refractivity contribution in [3.63, 3.8) is 0 Å². The summed E-state index contributed by atoms with van der Waals surface area (Å²) in [7, 11) is 0. The SMILES string of the molecule is CC1(C)c2cc(-c3cccc4oc5cc6ccccc6cc5c34)ccc2-c2c1c(-c1ccccc1)cc1ccccc21. The van der Waals surface area contributed by atoms with Crippen LogP contribution in [0.4, 0.5) is 0 Å². The van der Waals surface area contributed by atoms with Gasteiger partial charge < -0.3 is 4.42 Å². The van der Waals surface area contributed by atoms with Gasteiger partial charge in [-0.05, 0) is 96.4 Å². The fourth-order valence-electron chi connectivity index (χ4n) is 7.46. The van der Waals surface area contributed by atoms with Crippen molar-refractivity contribution in [2.24, 2.45) is 0 Å². The average molecular weight is 537 g/mol. The maximum absolute atomic E-state index is 6.42. The van der Waals surface area contributed by atoms with Gasteiger partial charge in [0.25, 0.3) is 0 Å². The van der Waals surface area contributed by atoms with Gasteiger partial charge in [0.1, 0.15) is 11.2 Å². The Morgan fingerprint density at radius 3 is 2.05 bits per heavy atom. The van der Waals surface area contributed by atoms with Crippen LogP contribution in [0, 0.1) is 0 Å². The molecule has 0 spiro atoms. The highest BCUT2D eigenvalue weighted by atomic mass is 16.3. The van der Waals surface area contributed by atoms with Gasteiger partial charge in [-0.25, -0.2) is 0 Å². The minimum atomic E-state index is -0.168. The first kappa shape index (κ1) is 23.6. The molecule has 0 atom stereocenters. The highest BCUT2D eigenvalue weighted by Gasteiger charge is 2.39. The summed E-state index contributed by atoms with van der Waals surface area (Å²) in [6.45, 7) is 4.78. The van der Waals surface area contributed by atoms with Crippen molar-refractivity contribution < 1.29 is 4.42 Å². The molecule has 1 heteroatoms. The monoisotopic (exact) mass is 536 g/mol. The van der Waals surface area contributed by atoms with Crippen LogP contribution >= 0.6 is 0 Å². The molecule has 0 N–H and O–H groups in total. The normalized spacial score (nSPS) is 13.7. The van der Waals surface area contributed by atoms with E-state index in [1.165, 1.54) is 76.8 Å². The summed E-state index contributed by atoms with van der Waals surface area (Å²) < 4.78 is 6.42. The Bertz CT molecular complexity index is 2370. The van der Waals surface area contributed by atoms with Crippen molar-refractivity contribution in [3.05, 3.63) is 145 Å². The average Bonchev–Trinajstić information content (AvgIpc) is 3.51. The van der Waals surface area contributed by atoms with Crippen molar-refractivity contribution in [3.8, 4) is 33.4 Å². The number of rotatable bonds is 2. The van der Waals surface area contributed by atoms with Gasteiger partial charge in [0.05, 0.1) is 0 Å². The molecule has 7 aromatic carbocycles. The van der Waals surface area contributed by atoms with E-state index >= 15 is 0 Å². The second-order valence-electron chi connectivity index (χ2n) is 12.1. The van der Waals surface area contributed by atoms with Crippen molar-refractivity contribution in [2.45, 2.75) is 19.3 Å². The van der Waals surface area contributed by atoms with Crippen LogP contribution in [0.3, 0.4) is 0 Å². The Morgan fingerprint density at radius 2 is 1.21 bits per heavy atom. The molecule has 1 heterocycles. The van der Waals surface area contributed by atoms with Crippen LogP contribution in [-0.2, 0) is 5.41 Å². The molecule has 0 amide bonds. The van der Waals surface area contributed by atoms with E-state index in [-0.39, 0.29) is 5.41 Å². The molecule has 198 valence electrons. The highest BCUT2D eigenvalue weighted by Crippen LogP contribution is 2.55. The molecular weight excluding hydrogens is 508 g/mol. The Balaban J connectivity index is 1.31. The first-order valence-corrected chi connectivity index (χ1v) is 14.7. The molecular formula is C41H28O. The standard InChI is InChI=1S/C41H28O/c1-41(2)35-23-29(30-17-10-18-36-38(30)34-21-26-13-6-7-14-27(26)24-37(34)42-36)19-20-32(35)39-31-16-9-8-15-28(31)22-33(40(39)41)25-11-4-3-5-12-25/h3-24H,1-2H3. The van der Waals surface area contributed by atoms with E-state index < -0.39 is 0 Å². The molecule has 42 heavy (non-hydrogen) atoms. The topological polar surface area (TPSA) is 13.1 Å². The van der Waals surface area contributed by atoms with Crippen LogP contribution in [0.1, 0.15) is 25.0 Å². The van der Waals surface area contributed by atoms with Crippen LogP contribution in [0.25, 0.3) is 76.9 Å². The fraction of sp³-hybridized carbons (Fsp3) is 0.0732. The van der Waals surface area contributed by atoms with Crippen molar-refractivity contribution in [1.82, 2.24) is 0 Å². The molecule has 0 aliphatic heterocycles. The summed E-state index contributed by atoms with van der Waals surface area (Å²) in [6.07, 6.45) is 0. The Labute approximate surface area is 244 Å². The third kappa shape index (κ3) is 3.19. The lowest BCUT2D eigenvalue weighted by atomic mass is 9.77. The van der Waals surface area contributed by atoms with Gasteiger partial charge >= 0.3 is 0 Å². The maximum Gasteiger partial charge on any atom is 0.136 e. The van der Waals surface area contributed by atoms with Gasteiger partial charge in [0, 0.05) is 16.2 Å². The van der Waals surface area contributed by atoms with Gasteiger partial charge in [-0.15, -0.1) is 0 Å². The van der Waals surface area contributed by atoms with Crippen LogP contribution in [0.15, 0.2) is 138 Å². The Morgan fingerprint density at radius 1 is 0.476 bits per heavy atom. The zero-order valence-electron chi connectivity index (χ0n) is 23.6. The number of fused-ring (bicyclic) bond motifs is 9. The molecule has 0 fully saturated rings. The number of furan rings is 1. The third-order valence-corrected chi connectivity index (χ3v) is 9.40. The van der Waals surface area contributed by atoms with Gasteiger partial charge in [-0.2, -0.15) is 0 Å². The molecule has 8 aromatic rings. The largest absolute Gasteiger partial charge is 0.456 e. The molecule has 0 saturated carbocycles. The van der Waals surface area contributed by atoms with Gasteiger partial charge in [0.15, 0.2) is 0 Å². The highest BCUT2D eigenvalue weighted by molar-refractivity contribution is 6.16. The molecule has 0 bridgehead atoms. The first-order valence-electron chi connectivity index (χ1n) is 14.7. The molecule has 9 rings (SSSR count). The van der Waals surface area contributed by atoms with Gasteiger partial charge in [-0.3, -0.25) is 0 Å². The molecule has 0 saturated heterocycles. The molecule has 0 radical (unpaired) electrons. The number of hydrogen-bond acceptors (Lipinski definition) is 1. The van der Waals surface area contributed by atoms with Gasteiger partial charge in [0.2, 0.25) is 0 Å². The molecule has 0 unspecified atom stereocenters. The predicted octanol–water partition coefficient (Wildman–Crippen LogP) is 11.5. The lowest BCUT2D eigenvalue weighted by Gasteiger charge is -2.25. The third-order valence-electron chi connectivity index (χ3n) is 9.40. The van der Waals surface area contributed by atoms with Crippen LogP contribution in [0.5, 0.6) is 0 Å². The molecule has 1 nitrogen and oxygen atoms in total. The second-order valence-corrected chi connectivity index (χ2v) is 12.1. The van der Waals surface area contributed by atoms with E-state index in [1.54, 1.807) is 0 Å². The first-order chi connectivity index (χ1) is 20.6. The Hall–Kier alpha value is -5.14. The zero-order chi connectivity index (χ0) is 28.0. The van der Waals surface area contributed by atoms with E-state index in [0.717, 1.165) is 11.2 Å². The number of hydrogen-bond donors (Lipinski definition) is 0. The van der Waals surface area contributed by atoms with E-state index in [2.05, 4.69) is 147 Å². The van der Waals surface area contributed by atoms with Crippen molar-refractivity contribution in [2.75, 3.05) is 0 Å². The van der Waals surface area contributed by atoms with E-state index in [0.29, 0.717) is 0 Å². The summed E-state index contributed by atoms with van der Waals surface area (Å²) in [5.74, 6) is 0. The fourth-order valence-corrected chi connectivity index (χ4v) is 7.46.